The summed E-state index contributed by atoms with van der Waals surface area (Å²) in [6, 6.07) is 17.1. The van der Waals surface area contributed by atoms with Gasteiger partial charge in [0.1, 0.15) is 5.82 Å². The topological polar surface area (TPSA) is 57.8 Å². The molecule has 5 heteroatoms. The molecule has 0 unspecified atom stereocenters. The van der Waals surface area contributed by atoms with Crippen LogP contribution in [0.1, 0.15) is 28.6 Å². The maximum absolute atomic E-state index is 12.4. The third kappa shape index (κ3) is 3.74. The Morgan fingerprint density at radius 2 is 1.91 bits per heavy atom. The number of amides is 1. The number of imidazole rings is 1. The van der Waals surface area contributed by atoms with E-state index in [-0.39, 0.29) is 11.9 Å². The maximum Gasteiger partial charge on any atom is 0.251 e. The van der Waals surface area contributed by atoms with Crippen molar-refractivity contribution < 1.29 is 4.79 Å². The van der Waals surface area contributed by atoms with E-state index in [2.05, 4.69) is 21.5 Å². The molecule has 1 atom stereocenters. The first-order valence-corrected chi connectivity index (χ1v) is 8.97. The summed E-state index contributed by atoms with van der Waals surface area (Å²) in [7, 11) is 0. The number of para-hydroxylation sites is 2. The van der Waals surface area contributed by atoms with E-state index < -0.39 is 0 Å². The van der Waals surface area contributed by atoms with Crippen LogP contribution in [0, 0.1) is 0 Å². The molecule has 0 aliphatic rings. The summed E-state index contributed by atoms with van der Waals surface area (Å²) in [6.07, 6.45) is 2.90. The molecule has 1 heterocycles. The van der Waals surface area contributed by atoms with Gasteiger partial charge in [-0.2, -0.15) is 11.8 Å². The average Bonchev–Trinajstić information content (AvgIpc) is 3.03. The number of carbonyl (C=O) groups excluding carboxylic acids is 1. The van der Waals surface area contributed by atoms with Crippen LogP contribution in [0.15, 0.2) is 54.6 Å². The Labute approximate surface area is 139 Å². The lowest BCUT2D eigenvalue weighted by atomic mass is 10.1. The highest BCUT2D eigenvalue weighted by Gasteiger charge is 2.18. The van der Waals surface area contributed by atoms with Crippen LogP contribution in [0.2, 0.25) is 0 Å². The van der Waals surface area contributed by atoms with Crippen molar-refractivity contribution in [3.8, 4) is 0 Å². The number of aromatic amines is 1. The van der Waals surface area contributed by atoms with Gasteiger partial charge in [0, 0.05) is 5.56 Å². The molecular formula is C18H19N3OS. The fraction of sp³-hybridized carbons (Fsp3) is 0.222. The molecule has 0 aliphatic carbocycles. The molecule has 2 aromatic carbocycles. The van der Waals surface area contributed by atoms with Crippen molar-refractivity contribution in [2.45, 2.75) is 12.5 Å². The highest BCUT2D eigenvalue weighted by molar-refractivity contribution is 7.98. The zero-order chi connectivity index (χ0) is 16.1. The normalized spacial score (nSPS) is 12.2. The fourth-order valence-electron chi connectivity index (χ4n) is 2.48. The molecule has 2 N–H and O–H groups in total. The lowest BCUT2D eigenvalue weighted by Crippen LogP contribution is -2.29. The van der Waals surface area contributed by atoms with E-state index in [4.69, 9.17) is 0 Å². The van der Waals surface area contributed by atoms with E-state index in [9.17, 15) is 4.79 Å². The molecule has 1 aromatic heterocycles. The standard InChI is InChI=1S/C18H19N3OS/c1-23-12-11-16(21-18(22)13-7-3-2-4-8-13)17-19-14-9-5-6-10-15(14)20-17/h2-10,16H,11-12H2,1H3,(H,19,20)(H,21,22)/t16-/m1/s1. The lowest BCUT2D eigenvalue weighted by molar-refractivity contribution is 0.0934. The van der Waals surface area contributed by atoms with Crippen molar-refractivity contribution >= 4 is 28.7 Å². The smallest absolute Gasteiger partial charge is 0.251 e. The van der Waals surface area contributed by atoms with Crippen molar-refractivity contribution in [3.63, 3.8) is 0 Å². The molecule has 118 valence electrons. The van der Waals surface area contributed by atoms with Gasteiger partial charge in [0.15, 0.2) is 0 Å². The predicted molar refractivity (Wildman–Crippen MR) is 95.7 cm³/mol. The van der Waals surface area contributed by atoms with Crippen LogP contribution in [0.25, 0.3) is 11.0 Å². The average molecular weight is 325 g/mol. The number of fused-ring (bicyclic) bond motifs is 1. The molecule has 3 rings (SSSR count). The second-order valence-electron chi connectivity index (χ2n) is 5.31. The van der Waals surface area contributed by atoms with Crippen LogP contribution < -0.4 is 5.32 Å². The quantitative estimate of drug-likeness (QED) is 0.725. The lowest BCUT2D eigenvalue weighted by Gasteiger charge is -2.16. The predicted octanol–water partition coefficient (Wildman–Crippen LogP) is 3.79. The second kappa shape index (κ2) is 7.33. The number of nitrogens with one attached hydrogen (secondary N) is 2. The number of carbonyl (C=O) groups is 1. The summed E-state index contributed by atoms with van der Waals surface area (Å²) in [5, 5.41) is 3.10. The van der Waals surface area contributed by atoms with Crippen molar-refractivity contribution in [1.82, 2.24) is 15.3 Å². The minimum Gasteiger partial charge on any atom is -0.342 e. The van der Waals surface area contributed by atoms with Gasteiger partial charge in [-0.05, 0) is 42.7 Å². The number of rotatable bonds is 6. The highest BCUT2D eigenvalue weighted by Crippen LogP contribution is 2.20. The van der Waals surface area contributed by atoms with Crippen molar-refractivity contribution in [3.05, 3.63) is 66.0 Å². The summed E-state index contributed by atoms with van der Waals surface area (Å²) in [4.78, 5) is 20.4. The molecule has 0 bridgehead atoms. The van der Waals surface area contributed by atoms with Gasteiger partial charge >= 0.3 is 0 Å². The number of hydrogen-bond acceptors (Lipinski definition) is 3. The minimum absolute atomic E-state index is 0.0721. The fourth-order valence-corrected chi connectivity index (χ4v) is 2.95. The van der Waals surface area contributed by atoms with Gasteiger partial charge in [-0.1, -0.05) is 30.3 Å². The Kier molecular flexibility index (Phi) is 4.98. The number of nitrogens with zero attached hydrogens (tertiary/aromatic N) is 1. The number of benzene rings is 2. The number of H-pyrrole nitrogens is 1. The van der Waals surface area contributed by atoms with Crippen LogP contribution in [0.5, 0.6) is 0 Å². The first-order valence-electron chi connectivity index (χ1n) is 7.57. The Bertz CT molecular complexity index is 752. The number of hydrogen-bond donors (Lipinski definition) is 2. The molecule has 0 aliphatic heterocycles. The van der Waals surface area contributed by atoms with Crippen LogP contribution >= 0.6 is 11.8 Å². The largest absolute Gasteiger partial charge is 0.342 e. The molecule has 0 saturated heterocycles. The maximum atomic E-state index is 12.4. The molecule has 3 aromatic rings. The summed E-state index contributed by atoms with van der Waals surface area (Å²) >= 11 is 1.76. The molecule has 23 heavy (non-hydrogen) atoms. The van der Waals surface area contributed by atoms with Gasteiger partial charge in [-0.15, -0.1) is 0 Å². The molecule has 0 saturated carbocycles. The third-order valence-electron chi connectivity index (χ3n) is 3.69. The van der Waals surface area contributed by atoms with Gasteiger partial charge in [0.05, 0.1) is 17.1 Å². The monoisotopic (exact) mass is 325 g/mol. The number of thioether (sulfide) groups is 1. The van der Waals surface area contributed by atoms with E-state index in [0.29, 0.717) is 5.56 Å². The Balaban J connectivity index is 1.83. The molecular weight excluding hydrogens is 306 g/mol. The Morgan fingerprint density at radius 3 is 2.65 bits per heavy atom. The van der Waals surface area contributed by atoms with Gasteiger partial charge < -0.3 is 10.3 Å². The van der Waals surface area contributed by atoms with Gasteiger partial charge in [-0.25, -0.2) is 4.98 Å². The molecule has 0 fully saturated rings. The third-order valence-corrected chi connectivity index (χ3v) is 4.33. The zero-order valence-corrected chi connectivity index (χ0v) is 13.8. The summed E-state index contributed by atoms with van der Waals surface area (Å²) in [5.74, 6) is 1.69. The highest BCUT2D eigenvalue weighted by atomic mass is 32.2. The molecule has 0 radical (unpaired) electrons. The van der Waals surface area contributed by atoms with Crippen LogP contribution in [-0.4, -0.2) is 27.9 Å². The Hall–Kier alpha value is -2.27. The Morgan fingerprint density at radius 1 is 1.17 bits per heavy atom. The van der Waals surface area contributed by atoms with Crippen LogP contribution in [0.4, 0.5) is 0 Å². The molecule has 1 amide bonds. The minimum atomic E-state index is -0.123. The summed E-state index contributed by atoms with van der Waals surface area (Å²) in [6.45, 7) is 0. The van der Waals surface area contributed by atoms with E-state index in [1.54, 1.807) is 11.8 Å². The van der Waals surface area contributed by atoms with Crippen LogP contribution in [-0.2, 0) is 0 Å². The molecule has 4 nitrogen and oxygen atoms in total. The van der Waals surface area contributed by atoms with E-state index >= 15 is 0 Å². The van der Waals surface area contributed by atoms with Crippen molar-refractivity contribution in [1.29, 1.82) is 0 Å². The van der Waals surface area contributed by atoms with Gasteiger partial charge in [0.2, 0.25) is 0 Å². The van der Waals surface area contributed by atoms with Crippen LogP contribution in [0.3, 0.4) is 0 Å². The van der Waals surface area contributed by atoms with Crippen molar-refractivity contribution in [2.75, 3.05) is 12.0 Å². The summed E-state index contributed by atoms with van der Waals surface area (Å²) in [5.41, 5.74) is 2.58. The SMILES string of the molecule is CSCC[C@@H](NC(=O)c1ccccc1)c1nc2ccccc2[nH]1. The summed E-state index contributed by atoms with van der Waals surface area (Å²) < 4.78 is 0. The zero-order valence-electron chi connectivity index (χ0n) is 13.0. The first kappa shape index (κ1) is 15.6. The second-order valence-corrected chi connectivity index (χ2v) is 6.30. The number of aromatic nitrogens is 2. The van der Waals surface area contributed by atoms with Gasteiger partial charge in [-0.3, -0.25) is 4.79 Å². The van der Waals surface area contributed by atoms with E-state index in [0.717, 1.165) is 29.0 Å². The van der Waals surface area contributed by atoms with Crippen molar-refractivity contribution in [2.24, 2.45) is 0 Å². The first-order chi connectivity index (χ1) is 11.3. The van der Waals surface area contributed by atoms with E-state index in [1.165, 1.54) is 0 Å². The molecule has 0 spiro atoms. The van der Waals surface area contributed by atoms with E-state index in [1.807, 2.05) is 54.6 Å². The van der Waals surface area contributed by atoms with Gasteiger partial charge in [0.25, 0.3) is 5.91 Å².